The average Bonchev–Trinajstić information content (AvgIpc) is 2.47. The normalized spacial score (nSPS) is 10.6. The van der Waals surface area contributed by atoms with Crippen molar-refractivity contribution in [1.29, 1.82) is 0 Å². The first-order chi connectivity index (χ1) is 10.1. The number of anilines is 1. The fourth-order valence-electron chi connectivity index (χ4n) is 1.75. The summed E-state index contributed by atoms with van der Waals surface area (Å²) in [7, 11) is 1.51. The van der Waals surface area contributed by atoms with E-state index in [2.05, 4.69) is 5.32 Å². The molecule has 0 fully saturated rings. The topological polar surface area (TPSA) is 58.6 Å². The minimum Gasteiger partial charge on any atom is -0.507 e. The number of carbonyl (C=O) groups is 1. The molecule has 0 aliphatic carbocycles. The van der Waals surface area contributed by atoms with Crippen LogP contribution < -0.4 is 10.1 Å². The highest BCUT2D eigenvalue weighted by atomic mass is 35.5. The third-order valence-corrected chi connectivity index (χ3v) is 3.01. The molecule has 4 nitrogen and oxygen atoms in total. The molecule has 0 saturated carbocycles. The number of amides is 1. The van der Waals surface area contributed by atoms with Crippen LogP contribution in [-0.2, 0) is 4.79 Å². The van der Waals surface area contributed by atoms with Gasteiger partial charge < -0.3 is 15.2 Å². The minimum atomic E-state index is -0.348. The van der Waals surface area contributed by atoms with Gasteiger partial charge in [0.25, 0.3) is 0 Å². The van der Waals surface area contributed by atoms with Gasteiger partial charge in [0.1, 0.15) is 11.5 Å². The highest BCUT2D eigenvalue weighted by molar-refractivity contribution is 6.31. The Hall–Kier alpha value is -2.46. The average molecular weight is 304 g/mol. The van der Waals surface area contributed by atoms with Gasteiger partial charge in [0.2, 0.25) is 5.91 Å². The molecule has 2 aromatic rings. The van der Waals surface area contributed by atoms with E-state index in [1.165, 1.54) is 19.3 Å². The van der Waals surface area contributed by atoms with Crippen LogP contribution in [0.5, 0.6) is 11.5 Å². The smallest absolute Gasteiger partial charge is 0.248 e. The molecular weight excluding hydrogens is 290 g/mol. The van der Waals surface area contributed by atoms with E-state index in [-0.39, 0.29) is 11.7 Å². The number of ether oxygens (including phenoxy) is 1. The molecule has 108 valence electrons. The number of benzene rings is 2. The number of phenolic OH excluding ortho intramolecular Hbond substituents is 1. The Balaban J connectivity index is 2.12. The Labute approximate surface area is 127 Å². The Morgan fingerprint density at radius 2 is 2.05 bits per heavy atom. The molecule has 0 aromatic heterocycles. The van der Waals surface area contributed by atoms with E-state index in [0.29, 0.717) is 22.0 Å². The van der Waals surface area contributed by atoms with Crippen molar-refractivity contribution < 1.29 is 14.6 Å². The second-order valence-corrected chi connectivity index (χ2v) is 4.66. The largest absolute Gasteiger partial charge is 0.507 e. The van der Waals surface area contributed by atoms with Gasteiger partial charge >= 0.3 is 0 Å². The van der Waals surface area contributed by atoms with Gasteiger partial charge in [-0.2, -0.15) is 0 Å². The summed E-state index contributed by atoms with van der Waals surface area (Å²) in [6, 6.07) is 11.7. The summed E-state index contributed by atoms with van der Waals surface area (Å²) in [5, 5.41) is 12.8. The molecule has 5 heteroatoms. The highest BCUT2D eigenvalue weighted by Gasteiger charge is 2.06. The summed E-state index contributed by atoms with van der Waals surface area (Å²) in [6.45, 7) is 0. The number of rotatable bonds is 4. The van der Waals surface area contributed by atoms with Crippen LogP contribution in [0.2, 0.25) is 5.02 Å². The standard InChI is InChI=1S/C16H14ClNO3/c1-21-15-8-7-12(17)10-13(15)18-16(20)9-6-11-4-2-3-5-14(11)19/h2-10,19H,1H3,(H,18,20). The second kappa shape index (κ2) is 6.81. The zero-order valence-electron chi connectivity index (χ0n) is 11.3. The van der Waals surface area contributed by atoms with E-state index < -0.39 is 0 Å². The number of para-hydroxylation sites is 1. The van der Waals surface area contributed by atoms with E-state index in [9.17, 15) is 9.90 Å². The summed E-state index contributed by atoms with van der Waals surface area (Å²) >= 11 is 5.89. The summed E-state index contributed by atoms with van der Waals surface area (Å²) < 4.78 is 5.15. The van der Waals surface area contributed by atoms with Crippen molar-refractivity contribution >= 4 is 29.3 Å². The van der Waals surface area contributed by atoms with E-state index in [4.69, 9.17) is 16.3 Å². The van der Waals surface area contributed by atoms with Gasteiger partial charge in [0.05, 0.1) is 12.8 Å². The first-order valence-electron chi connectivity index (χ1n) is 6.21. The van der Waals surface area contributed by atoms with Crippen LogP contribution >= 0.6 is 11.6 Å². The van der Waals surface area contributed by atoms with Crippen LogP contribution in [0.15, 0.2) is 48.5 Å². The van der Waals surface area contributed by atoms with Crippen molar-refractivity contribution in [3.8, 4) is 11.5 Å². The Bertz CT molecular complexity index is 683. The van der Waals surface area contributed by atoms with Crippen molar-refractivity contribution in [2.24, 2.45) is 0 Å². The molecular formula is C16H14ClNO3. The number of hydrogen-bond acceptors (Lipinski definition) is 3. The fraction of sp³-hybridized carbons (Fsp3) is 0.0625. The van der Waals surface area contributed by atoms with Crippen LogP contribution in [0.25, 0.3) is 6.08 Å². The lowest BCUT2D eigenvalue weighted by Crippen LogP contribution is -2.08. The fourth-order valence-corrected chi connectivity index (χ4v) is 1.92. The van der Waals surface area contributed by atoms with Crippen molar-refractivity contribution in [3.05, 3.63) is 59.1 Å². The molecule has 21 heavy (non-hydrogen) atoms. The molecule has 1 amide bonds. The Morgan fingerprint density at radius 3 is 2.76 bits per heavy atom. The number of nitrogens with one attached hydrogen (secondary N) is 1. The van der Waals surface area contributed by atoms with E-state index in [1.54, 1.807) is 42.5 Å². The van der Waals surface area contributed by atoms with Gasteiger partial charge in [-0.15, -0.1) is 0 Å². The number of aromatic hydroxyl groups is 1. The summed E-state index contributed by atoms with van der Waals surface area (Å²) in [5.41, 5.74) is 1.04. The molecule has 0 radical (unpaired) electrons. The molecule has 0 saturated heterocycles. The van der Waals surface area contributed by atoms with Crippen LogP contribution in [0.1, 0.15) is 5.56 Å². The number of phenols is 1. The third kappa shape index (κ3) is 4.00. The highest BCUT2D eigenvalue weighted by Crippen LogP contribution is 2.27. The maximum atomic E-state index is 11.9. The van der Waals surface area contributed by atoms with Gasteiger partial charge in [0, 0.05) is 16.7 Å². The molecule has 2 rings (SSSR count). The van der Waals surface area contributed by atoms with Crippen molar-refractivity contribution in [3.63, 3.8) is 0 Å². The number of hydrogen-bond donors (Lipinski definition) is 2. The lowest BCUT2D eigenvalue weighted by atomic mass is 10.2. The maximum absolute atomic E-state index is 11.9. The lowest BCUT2D eigenvalue weighted by Gasteiger charge is -2.09. The zero-order chi connectivity index (χ0) is 15.2. The molecule has 0 spiro atoms. The number of carbonyl (C=O) groups excluding carboxylic acids is 1. The van der Waals surface area contributed by atoms with Crippen LogP contribution in [0.4, 0.5) is 5.69 Å². The van der Waals surface area contributed by atoms with Gasteiger partial charge in [-0.05, 0) is 30.3 Å². The predicted octanol–water partition coefficient (Wildman–Crippen LogP) is 3.71. The predicted molar refractivity (Wildman–Crippen MR) is 83.8 cm³/mol. The second-order valence-electron chi connectivity index (χ2n) is 4.23. The first kappa shape index (κ1) is 14.9. The summed E-state index contributed by atoms with van der Waals surface area (Å²) in [4.78, 5) is 11.9. The minimum absolute atomic E-state index is 0.113. The van der Waals surface area contributed by atoms with E-state index in [0.717, 1.165) is 0 Å². The van der Waals surface area contributed by atoms with Gasteiger partial charge in [0.15, 0.2) is 0 Å². The molecule has 0 aliphatic heterocycles. The van der Waals surface area contributed by atoms with Crippen molar-refractivity contribution in [2.75, 3.05) is 12.4 Å². The summed E-state index contributed by atoms with van der Waals surface area (Å²) in [6.07, 6.45) is 2.86. The lowest BCUT2D eigenvalue weighted by molar-refractivity contribution is -0.111. The molecule has 0 aliphatic rings. The van der Waals surface area contributed by atoms with Crippen LogP contribution in [0, 0.1) is 0 Å². The molecule has 2 aromatic carbocycles. The maximum Gasteiger partial charge on any atom is 0.248 e. The molecule has 0 bridgehead atoms. The van der Waals surface area contributed by atoms with Gasteiger partial charge in [-0.25, -0.2) is 0 Å². The molecule has 0 heterocycles. The molecule has 0 unspecified atom stereocenters. The third-order valence-electron chi connectivity index (χ3n) is 2.77. The van der Waals surface area contributed by atoms with Crippen molar-refractivity contribution in [2.45, 2.75) is 0 Å². The number of methoxy groups -OCH3 is 1. The SMILES string of the molecule is COc1ccc(Cl)cc1NC(=O)C=Cc1ccccc1O. The van der Waals surface area contributed by atoms with Gasteiger partial charge in [-0.3, -0.25) is 4.79 Å². The number of halogens is 1. The van der Waals surface area contributed by atoms with Crippen LogP contribution in [-0.4, -0.2) is 18.1 Å². The van der Waals surface area contributed by atoms with E-state index >= 15 is 0 Å². The van der Waals surface area contributed by atoms with Gasteiger partial charge in [-0.1, -0.05) is 29.8 Å². The molecule has 2 N–H and O–H groups in total. The first-order valence-corrected chi connectivity index (χ1v) is 6.58. The van der Waals surface area contributed by atoms with E-state index in [1.807, 2.05) is 0 Å². The summed E-state index contributed by atoms with van der Waals surface area (Å²) in [5.74, 6) is 0.282. The Morgan fingerprint density at radius 1 is 1.29 bits per heavy atom. The zero-order valence-corrected chi connectivity index (χ0v) is 12.1. The monoisotopic (exact) mass is 303 g/mol. The quantitative estimate of drug-likeness (QED) is 0.847. The van der Waals surface area contributed by atoms with Crippen LogP contribution in [0.3, 0.4) is 0 Å². The van der Waals surface area contributed by atoms with Crippen molar-refractivity contribution in [1.82, 2.24) is 0 Å². The Kier molecular flexibility index (Phi) is 4.85. The molecule has 0 atom stereocenters.